The van der Waals surface area contributed by atoms with Crippen molar-refractivity contribution in [2.24, 2.45) is 0 Å². The third kappa shape index (κ3) is 3.41. The number of aryl methyl sites for hydroxylation is 2. The molecule has 0 atom stereocenters. The Morgan fingerprint density at radius 3 is 1.86 bits per heavy atom. The predicted molar refractivity (Wildman–Crippen MR) is 110 cm³/mol. The maximum absolute atomic E-state index is 10.0. The zero-order valence-electron chi connectivity index (χ0n) is 16.7. The second-order valence-corrected chi connectivity index (χ2v) is 6.53. The van der Waals surface area contributed by atoms with Crippen molar-refractivity contribution in [1.82, 2.24) is 4.98 Å². The molecular formula is C22H24N2O4. The molecular weight excluding hydrogens is 356 g/mol. The topological polar surface area (TPSA) is 86.8 Å². The Labute approximate surface area is 164 Å². The van der Waals surface area contributed by atoms with Crippen LogP contribution in [0.15, 0.2) is 36.5 Å². The molecule has 0 bridgehead atoms. The summed E-state index contributed by atoms with van der Waals surface area (Å²) in [7, 11) is 4.70. The molecule has 0 saturated heterocycles. The lowest BCUT2D eigenvalue weighted by Crippen LogP contribution is -1.98. The van der Waals surface area contributed by atoms with E-state index in [1.165, 1.54) is 0 Å². The molecule has 0 fully saturated rings. The number of nitrogen functional groups attached to an aromatic ring is 1. The molecule has 0 spiro atoms. The number of nitrogens with two attached hydrogens (primary N) is 1. The Kier molecular flexibility index (Phi) is 5.31. The number of hydrogen-bond acceptors (Lipinski definition) is 6. The molecule has 3 aromatic rings. The van der Waals surface area contributed by atoms with Crippen LogP contribution in [0.2, 0.25) is 0 Å². The number of nitrogens with zero attached hydrogens (tertiary/aromatic N) is 1. The van der Waals surface area contributed by atoms with Crippen LogP contribution in [0.25, 0.3) is 22.3 Å². The molecule has 0 radical (unpaired) electrons. The summed E-state index contributed by atoms with van der Waals surface area (Å²) in [5.41, 5.74) is 11.2. The quantitative estimate of drug-likeness (QED) is 0.684. The zero-order valence-corrected chi connectivity index (χ0v) is 16.7. The minimum Gasteiger partial charge on any atom is -0.507 e. The van der Waals surface area contributed by atoms with Crippen molar-refractivity contribution in [3.63, 3.8) is 0 Å². The molecule has 0 aliphatic heterocycles. The largest absolute Gasteiger partial charge is 0.507 e. The Morgan fingerprint density at radius 2 is 1.36 bits per heavy atom. The van der Waals surface area contributed by atoms with E-state index in [2.05, 4.69) is 4.98 Å². The molecule has 3 N–H and O–H groups in total. The van der Waals surface area contributed by atoms with Gasteiger partial charge in [0.2, 0.25) is 5.75 Å². The molecule has 2 aromatic carbocycles. The minimum atomic E-state index is 0.303. The molecule has 28 heavy (non-hydrogen) atoms. The summed E-state index contributed by atoms with van der Waals surface area (Å²) >= 11 is 0. The van der Waals surface area contributed by atoms with Crippen molar-refractivity contribution in [2.45, 2.75) is 13.8 Å². The van der Waals surface area contributed by atoms with Gasteiger partial charge in [0, 0.05) is 17.3 Å². The molecule has 0 unspecified atom stereocenters. The third-order valence-corrected chi connectivity index (χ3v) is 4.72. The van der Waals surface area contributed by atoms with Crippen molar-refractivity contribution < 1.29 is 19.3 Å². The summed E-state index contributed by atoms with van der Waals surface area (Å²) in [6, 6.07) is 9.49. The first-order valence-corrected chi connectivity index (χ1v) is 8.76. The van der Waals surface area contributed by atoms with Gasteiger partial charge in [0.15, 0.2) is 11.5 Å². The normalized spacial score (nSPS) is 10.6. The molecule has 0 aliphatic carbocycles. The van der Waals surface area contributed by atoms with E-state index in [4.69, 9.17) is 19.9 Å². The Morgan fingerprint density at radius 1 is 0.786 bits per heavy atom. The average molecular weight is 380 g/mol. The molecule has 0 aliphatic rings. The SMILES string of the molecule is COc1cc(-c2cc(-c3cc(C)c(O)c(C)c3)cnc2N)cc(OC)c1OC. The van der Waals surface area contributed by atoms with Gasteiger partial charge in [0.1, 0.15) is 11.6 Å². The van der Waals surface area contributed by atoms with E-state index >= 15 is 0 Å². The van der Waals surface area contributed by atoms with Crippen LogP contribution in [0, 0.1) is 13.8 Å². The van der Waals surface area contributed by atoms with Crippen molar-refractivity contribution in [2.75, 3.05) is 27.1 Å². The van der Waals surface area contributed by atoms with Crippen LogP contribution in [0.1, 0.15) is 11.1 Å². The number of hydrogen-bond donors (Lipinski definition) is 2. The summed E-state index contributed by atoms with van der Waals surface area (Å²) < 4.78 is 16.3. The van der Waals surface area contributed by atoms with E-state index in [1.807, 2.05) is 44.2 Å². The van der Waals surface area contributed by atoms with Crippen LogP contribution in [-0.4, -0.2) is 31.4 Å². The van der Waals surface area contributed by atoms with Gasteiger partial charge in [-0.25, -0.2) is 4.98 Å². The van der Waals surface area contributed by atoms with Gasteiger partial charge >= 0.3 is 0 Å². The van der Waals surface area contributed by atoms with Crippen molar-refractivity contribution in [3.05, 3.63) is 47.7 Å². The lowest BCUT2D eigenvalue weighted by Gasteiger charge is -2.16. The van der Waals surface area contributed by atoms with Gasteiger partial charge in [-0.15, -0.1) is 0 Å². The van der Waals surface area contributed by atoms with Gasteiger partial charge in [-0.1, -0.05) is 0 Å². The second kappa shape index (κ2) is 7.68. The highest BCUT2D eigenvalue weighted by atomic mass is 16.5. The second-order valence-electron chi connectivity index (χ2n) is 6.53. The summed E-state index contributed by atoms with van der Waals surface area (Å²) in [6.45, 7) is 3.74. The Bertz CT molecular complexity index is 983. The molecule has 1 aromatic heterocycles. The summed E-state index contributed by atoms with van der Waals surface area (Å²) in [5, 5.41) is 10.0. The van der Waals surface area contributed by atoms with Gasteiger partial charge < -0.3 is 25.1 Å². The smallest absolute Gasteiger partial charge is 0.203 e. The summed E-state index contributed by atoms with van der Waals surface area (Å²) in [4.78, 5) is 4.37. The van der Waals surface area contributed by atoms with E-state index in [0.29, 0.717) is 28.8 Å². The molecule has 3 rings (SSSR count). The van der Waals surface area contributed by atoms with Gasteiger partial charge in [-0.2, -0.15) is 0 Å². The van der Waals surface area contributed by atoms with E-state index in [-0.39, 0.29) is 0 Å². The monoisotopic (exact) mass is 380 g/mol. The van der Waals surface area contributed by atoms with Gasteiger partial charge in [-0.05, 0) is 66.4 Å². The van der Waals surface area contributed by atoms with Crippen LogP contribution in [-0.2, 0) is 0 Å². The van der Waals surface area contributed by atoms with Gasteiger partial charge in [0.25, 0.3) is 0 Å². The van der Waals surface area contributed by atoms with Crippen LogP contribution in [0.5, 0.6) is 23.0 Å². The molecule has 146 valence electrons. The molecule has 6 heteroatoms. The third-order valence-electron chi connectivity index (χ3n) is 4.72. The van der Waals surface area contributed by atoms with Crippen LogP contribution >= 0.6 is 0 Å². The maximum atomic E-state index is 10.0. The fraction of sp³-hybridized carbons (Fsp3) is 0.227. The van der Waals surface area contributed by atoms with Crippen LogP contribution < -0.4 is 19.9 Å². The fourth-order valence-electron chi connectivity index (χ4n) is 3.22. The van der Waals surface area contributed by atoms with Gasteiger partial charge in [0.05, 0.1) is 21.3 Å². The standard InChI is InChI=1S/C22H24N2O4/c1-12-6-14(7-13(2)20(12)25)16-8-17(22(23)24-11-16)15-9-18(26-3)21(28-5)19(10-15)27-4/h6-11,25H,1-5H3,(H2,23,24). The zero-order chi connectivity index (χ0) is 20.4. The van der Waals surface area contributed by atoms with Crippen molar-refractivity contribution >= 4 is 5.82 Å². The number of aromatic nitrogens is 1. The lowest BCUT2D eigenvalue weighted by molar-refractivity contribution is 0.324. The average Bonchev–Trinajstić information content (AvgIpc) is 2.70. The highest BCUT2D eigenvalue weighted by Gasteiger charge is 2.17. The van der Waals surface area contributed by atoms with Crippen LogP contribution in [0.4, 0.5) is 5.82 Å². The molecule has 0 saturated carbocycles. The number of phenolic OH excluding ortho intramolecular Hbond substituents is 1. The van der Waals surface area contributed by atoms with Crippen molar-refractivity contribution in [1.29, 1.82) is 0 Å². The van der Waals surface area contributed by atoms with E-state index in [0.717, 1.165) is 33.4 Å². The minimum absolute atomic E-state index is 0.303. The number of aromatic hydroxyl groups is 1. The number of anilines is 1. The number of phenols is 1. The summed E-state index contributed by atoms with van der Waals surface area (Å²) in [6.07, 6.45) is 1.72. The molecule has 6 nitrogen and oxygen atoms in total. The number of ether oxygens (including phenoxy) is 3. The fourth-order valence-corrected chi connectivity index (χ4v) is 3.22. The molecule has 0 amide bonds. The number of rotatable bonds is 5. The van der Waals surface area contributed by atoms with Gasteiger partial charge in [-0.3, -0.25) is 0 Å². The summed E-state index contributed by atoms with van der Waals surface area (Å²) in [5.74, 6) is 2.29. The van der Waals surface area contributed by atoms with E-state index < -0.39 is 0 Å². The first-order valence-electron chi connectivity index (χ1n) is 8.76. The molecule has 1 heterocycles. The maximum Gasteiger partial charge on any atom is 0.203 e. The highest BCUT2D eigenvalue weighted by molar-refractivity contribution is 5.82. The first kappa shape index (κ1) is 19.4. The Balaban J connectivity index is 2.18. The highest BCUT2D eigenvalue weighted by Crippen LogP contribution is 2.42. The van der Waals surface area contributed by atoms with Crippen LogP contribution in [0.3, 0.4) is 0 Å². The number of methoxy groups -OCH3 is 3. The predicted octanol–water partition coefficient (Wildman–Crippen LogP) is 4.35. The van der Waals surface area contributed by atoms with E-state index in [9.17, 15) is 5.11 Å². The lowest BCUT2D eigenvalue weighted by atomic mass is 9.97. The number of benzene rings is 2. The number of pyridine rings is 1. The van der Waals surface area contributed by atoms with Crippen molar-refractivity contribution in [3.8, 4) is 45.3 Å². The Hall–Kier alpha value is -3.41. The van der Waals surface area contributed by atoms with E-state index in [1.54, 1.807) is 27.5 Å². The first-order chi connectivity index (χ1) is 13.4.